The SMILES string of the molecule is CCNC(C(N)=O)c1cc(C)cc(C)c1. The molecule has 0 fully saturated rings. The summed E-state index contributed by atoms with van der Waals surface area (Å²) in [6.07, 6.45) is 0. The van der Waals surface area contributed by atoms with Gasteiger partial charge in [0.2, 0.25) is 5.91 Å². The fourth-order valence-corrected chi connectivity index (χ4v) is 1.76. The minimum Gasteiger partial charge on any atom is -0.368 e. The molecule has 0 aliphatic rings. The van der Waals surface area contributed by atoms with Gasteiger partial charge in [0.05, 0.1) is 0 Å². The molecule has 3 N–H and O–H groups in total. The van der Waals surface area contributed by atoms with Crippen LogP contribution in [0.1, 0.15) is 29.7 Å². The number of benzene rings is 1. The third-order valence-electron chi connectivity index (χ3n) is 2.27. The molecule has 1 aromatic carbocycles. The Kier molecular flexibility index (Phi) is 3.86. The number of primary amides is 1. The number of hydrogen-bond donors (Lipinski definition) is 2. The van der Waals surface area contributed by atoms with Crippen molar-refractivity contribution in [3.63, 3.8) is 0 Å². The van der Waals surface area contributed by atoms with Gasteiger partial charge in [0.15, 0.2) is 0 Å². The first-order valence-electron chi connectivity index (χ1n) is 5.15. The van der Waals surface area contributed by atoms with E-state index in [0.717, 1.165) is 23.2 Å². The maximum atomic E-state index is 11.3. The van der Waals surface area contributed by atoms with Gasteiger partial charge in [0.25, 0.3) is 0 Å². The van der Waals surface area contributed by atoms with Crippen LogP contribution in [0, 0.1) is 13.8 Å². The quantitative estimate of drug-likeness (QED) is 0.783. The Morgan fingerprint density at radius 3 is 2.27 bits per heavy atom. The van der Waals surface area contributed by atoms with E-state index in [-0.39, 0.29) is 11.9 Å². The molecule has 0 spiro atoms. The lowest BCUT2D eigenvalue weighted by Crippen LogP contribution is -2.33. The summed E-state index contributed by atoms with van der Waals surface area (Å²) in [5.41, 5.74) is 8.59. The summed E-state index contributed by atoms with van der Waals surface area (Å²) < 4.78 is 0. The number of nitrogens with one attached hydrogen (secondary N) is 1. The van der Waals surface area contributed by atoms with Crippen LogP contribution in [0.15, 0.2) is 18.2 Å². The van der Waals surface area contributed by atoms with E-state index >= 15 is 0 Å². The first-order valence-corrected chi connectivity index (χ1v) is 5.15. The molecule has 0 aromatic heterocycles. The van der Waals surface area contributed by atoms with E-state index in [1.54, 1.807) is 0 Å². The predicted molar refractivity (Wildman–Crippen MR) is 61.5 cm³/mol. The summed E-state index contributed by atoms with van der Waals surface area (Å²) in [7, 11) is 0. The molecule has 0 saturated carbocycles. The van der Waals surface area contributed by atoms with Crippen LogP contribution in [0.5, 0.6) is 0 Å². The van der Waals surface area contributed by atoms with Crippen LogP contribution in [0.2, 0.25) is 0 Å². The molecule has 0 aliphatic carbocycles. The number of amides is 1. The van der Waals surface area contributed by atoms with Crippen molar-refractivity contribution in [3.8, 4) is 0 Å². The molecule has 0 heterocycles. The number of carbonyl (C=O) groups is 1. The molecule has 3 nitrogen and oxygen atoms in total. The number of rotatable bonds is 4. The number of aryl methyl sites for hydroxylation is 2. The molecule has 1 rings (SSSR count). The molecular weight excluding hydrogens is 188 g/mol. The zero-order valence-corrected chi connectivity index (χ0v) is 9.50. The van der Waals surface area contributed by atoms with Crippen LogP contribution >= 0.6 is 0 Å². The largest absolute Gasteiger partial charge is 0.368 e. The predicted octanol–water partition coefficient (Wildman–Crippen LogP) is 1.44. The molecule has 0 bridgehead atoms. The summed E-state index contributed by atoms with van der Waals surface area (Å²) in [5, 5.41) is 3.08. The van der Waals surface area contributed by atoms with Crippen molar-refractivity contribution in [2.24, 2.45) is 5.73 Å². The highest BCUT2D eigenvalue weighted by Gasteiger charge is 2.16. The summed E-state index contributed by atoms with van der Waals surface area (Å²) in [6.45, 7) is 6.71. The van der Waals surface area contributed by atoms with Crippen molar-refractivity contribution in [1.29, 1.82) is 0 Å². The third-order valence-corrected chi connectivity index (χ3v) is 2.27. The summed E-state index contributed by atoms with van der Waals surface area (Å²) in [6, 6.07) is 5.68. The topological polar surface area (TPSA) is 55.1 Å². The summed E-state index contributed by atoms with van der Waals surface area (Å²) in [5.74, 6) is -0.332. The average molecular weight is 206 g/mol. The Balaban J connectivity index is 3.05. The van der Waals surface area contributed by atoms with Crippen LogP contribution in [-0.4, -0.2) is 12.5 Å². The molecule has 1 unspecified atom stereocenters. The minimum atomic E-state index is -0.381. The van der Waals surface area contributed by atoms with Crippen molar-refractivity contribution in [2.45, 2.75) is 26.8 Å². The van der Waals surface area contributed by atoms with E-state index in [4.69, 9.17) is 5.73 Å². The highest BCUT2D eigenvalue weighted by molar-refractivity contribution is 5.81. The molecule has 0 aliphatic heterocycles. The molecule has 3 heteroatoms. The normalized spacial score (nSPS) is 12.5. The van der Waals surface area contributed by atoms with Crippen LogP contribution < -0.4 is 11.1 Å². The molecule has 0 saturated heterocycles. The fourth-order valence-electron chi connectivity index (χ4n) is 1.76. The van der Waals surface area contributed by atoms with Crippen molar-refractivity contribution >= 4 is 5.91 Å². The monoisotopic (exact) mass is 206 g/mol. The van der Waals surface area contributed by atoms with Gasteiger partial charge >= 0.3 is 0 Å². The van der Waals surface area contributed by atoms with E-state index in [0.29, 0.717) is 0 Å². The zero-order chi connectivity index (χ0) is 11.4. The average Bonchev–Trinajstić information content (AvgIpc) is 2.11. The second-order valence-corrected chi connectivity index (χ2v) is 3.81. The van der Waals surface area contributed by atoms with Gasteiger partial charge in [-0.25, -0.2) is 0 Å². The molecule has 15 heavy (non-hydrogen) atoms. The molecule has 1 atom stereocenters. The van der Waals surface area contributed by atoms with Gasteiger partial charge < -0.3 is 11.1 Å². The Bertz CT molecular complexity index is 340. The first kappa shape index (κ1) is 11.7. The highest BCUT2D eigenvalue weighted by atomic mass is 16.1. The van der Waals surface area contributed by atoms with Crippen LogP contribution in [-0.2, 0) is 4.79 Å². The zero-order valence-electron chi connectivity index (χ0n) is 9.50. The van der Waals surface area contributed by atoms with Crippen molar-refractivity contribution < 1.29 is 4.79 Å². The Morgan fingerprint density at radius 2 is 1.87 bits per heavy atom. The summed E-state index contributed by atoms with van der Waals surface area (Å²) in [4.78, 5) is 11.3. The number of nitrogens with two attached hydrogens (primary N) is 1. The van der Waals surface area contributed by atoms with E-state index in [2.05, 4.69) is 11.4 Å². The third kappa shape index (κ3) is 3.06. The van der Waals surface area contributed by atoms with Gasteiger partial charge in [-0.2, -0.15) is 0 Å². The second-order valence-electron chi connectivity index (χ2n) is 3.81. The first-order chi connectivity index (χ1) is 7.04. The lowest BCUT2D eigenvalue weighted by molar-refractivity contribution is -0.120. The lowest BCUT2D eigenvalue weighted by atomic mass is 10.0. The molecule has 82 valence electrons. The van der Waals surface area contributed by atoms with Gasteiger partial charge in [-0.3, -0.25) is 4.79 Å². The van der Waals surface area contributed by atoms with Crippen LogP contribution in [0.3, 0.4) is 0 Å². The van der Waals surface area contributed by atoms with Gasteiger partial charge in [-0.15, -0.1) is 0 Å². The lowest BCUT2D eigenvalue weighted by Gasteiger charge is -2.15. The number of carbonyl (C=O) groups excluding carboxylic acids is 1. The molecular formula is C12H18N2O. The maximum absolute atomic E-state index is 11.3. The highest BCUT2D eigenvalue weighted by Crippen LogP contribution is 2.16. The minimum absolute atomic E-state index is 0.332. The van der Waals surface area contributed by atoms with Crippen molar-refractivity contribution in [1.82, 2.24) is 5.32 Å². The number of likely N-dealkylation sites (N-methyl/N-ethyl adjacent to an activating group) is 1. The van der Waals surface area contributed by atoms with Gasteiger partial charge in [0, 0.05) is 0 Å². The smallest absolute Gasteiger partial charge is 0.239 e. The van der Waals surface area contributed by atoms with Gasteiger partial charge in [0.1, 0.15) is 6.04 Å². The maximum Gasteiger partial charge on any atom is 0.239 e. The van der Waals surface area contributed by atoms with E-state index in [1.165, 1.54) is 0 Å². The van der Waals surface area contributed by atoms with Crippen LogP contribution in [0.4, 0.5) is 0 Å². The van der Waals surface area contributed by atoms with Crippen molar-refractivity contribution in [2.75, 3.05) is 6.54 Å². The van der Waals surface area contributed by atoms with E-state index in [1.807, 2.05) is 32.9 Å². The van der Waals surface area contributed by atoms with Gasteiger partial charge in [-0.05, 0) is 26.0 Å². The standard InChI is InChI=1S/C12H18N2O/c1-4-14-11(12(13)15)10-6-8(2)5-9(3)7-10/h5-7,11,14H,4H2,1-3H3,(H2,13,15). The summed E-state index contributed by atoms with van der Waals surface area (Å²) >= 11 is 0. The van der Waals surface area contributed by atoms with E-state index < -0.39 is 0 Å². The molecule has 1 amide bonds. The Labute approximate surface area is 90.7 Å². The van der Waals surface area contributed by atoms with Crippen LogP contribution in [0.25, 0.3) is 0 Å². The molecule has 1 aromatic rings. The van der Waals surface area contributed by atoms with E-state index in [9.17, 15) is 4.79 Å². The fraction of sp³-hybridized carbons (Fsp3) is 0.417. The molecule has 0 radical (unpaired) electrons. The van der Waals surface area contributed by atoms with Gasteiger partial charge in [-0.1, -0.05) is 36.2 Å². The van der Waals surface area contributed by atoms with Crippen molar-refractivity contribution in [3.05, 3.63) is 34.9 Å². The number of hydrogen-bond acceptors (Lipinski definition) is 2. The Hall–Kier alpha value is -1.35. The second kappa shape index (κ2) is 4.94. The Morgan fingerprint density at radius 1 is 1.33 bits per heavy atom.